The number of hydrogen-bond acceptors (Lipinski definition) is 5. The maximum absolute atomic E-state index is 11.0. The smallest absolute Gasteiger partial charge is 0.352 e. The largest absolute Gasteiger partial charge is 0.389 e. The van der Waals surface area contributed by atoms with Crippen LogP contribution in [0.2, 0.25) is 5.15 Å². The van der Waals surface area contributed by atoms with Crippen molar-refractivity contribution in [3.63, 3.8) is 0 Å². The van der Waals surface area contributed by atoms with Crippen LogP contribution in [-0.4, -0.2) is 17.1 Å². The lowest BCUT2D eigenvalue weighted by Crippen LogP contribution is -2.21. The number of halogens is 1. The molecule has 1 aliphatic rings. The minimum absolute atomic E-state index is 0.0521. The van der Waals surface area contributed by atoms with Gasteiger partial charge >= 0.3 is 11.9 Å². The first-order chi connectivity index (χ1) is 5.68. The average Bonchev–Trinajstić information content (AvgIpc) is 2.31. The highest BCUT2D eigenvalue weighted by Crippen LogP contribution is 2.24. The number of aromatic nitrogens is 1. The third-order valence-corrected chi connectivity index (χ3v) is 1.69. The van der Waals surface area contributed by atoms with Gasteiger partial charge in [-0.15, -0.1) is 0 Å². The van der Waals surface area contributed by atoms with E-state index in [-0.39, 0.29) is 22.9 Å². The van der Waals surface area contributed by atoms with E-state index >= 15 is 0 Å². The molecule has 0 saturated carbocycles. The predicted molar refractivity (Wildman–Crippen MR) is 35.6 cm³/mol. The summed E-state index contributed by atoms with van der Waals surface area (Å²) in [5.74, 6) is -1.28. The van der Waals surface area contributed by atoms with Crippen LogP contribution >= 0.6 is 11.6 Å². The Labute approximate surface area is 71.2 Å². The van der Waals surface area contributed by atoms with Gasteiger partial charge in [-0.25, -0.2) is 4.79 Å². The highest BCUT2D eigenvalue weighted by atomic mass is 35.5. The number of nitrogens with zero attached hydrogens (tertiary/aromatic N) is 1. The van der Waals surface area contributed by atoms with Crippen LogP contribution in [0.15, 0.2) is 4.52 Å². The Balaban J connectivity index is 2.57. The lowest BCUT2D eigenvalue weighted by Gasteiger charge is -2.06. The van der Waals surface area contributed by atoms with E-state index in [0.717, 1.165) is 0 Å². The molecular formula is C6H2ClNO4. The third-order valence-electron chi connectivity index (χ3n) is 1.44. The molecule has 0 fully saturated rings. The van der Waals surface area contributed by atoms with Crippen LogP contribution in [0.1, 0.15) is 16.1 Å². The number of esters is 2. The summed E-state index contributed by atoms with van der Waals surface area (Å²) in [7, 11) is 0. The molecule has 1 aliphatic heterocycles. The van der Waals surface area contributed by atoms with E-state index in [9.17, 15) is 9.59 Å². The highest BCUT2D eigenvalue weighted by molar-refractivity contribution is 6.33. The fraction of sp³-hybridized carbons (Fsp3) is 0.167. The van der Waals surface area contributed by atoms with Crippen molar-refractivity contribution in [2.75, 3.05) is 0 Å². The van der Waals surface area contributed by atoms with Crippen molar-refractivity contribution in [1.29, 1.82) is 0 Å². The monoisotopic (exact) mass is 187 g/mol. The normalized spacial score (nSPS) is 15.8. The molecule has 0 atom stereocenters. The zero-order valence-electron chi connectivity index (χ0n) is 5.67. The number of carbonyl (C=O) groups is 2. The molecule has 5 nitrogen and oxygen atoms in total. The standard InChI is InChI=1S/C6H2ClNO4/c7-5-4-2(12-8-5)1-3(9)11-6(4)10/h1H2. The molecule has 0 amide bonds. The number of ether oxygens (including phenoxy) is 1. The Morgan fingerprint density at radius 3 is 2.92 bits per heavy atom. The summed E-state index contributed by atoms with van der Waals surface area (Å²) in [5.41, 5.74) is 0.0521. The Hall–Kier alpha value is -1.36. The second-order valence-corrected chi connectivity index (χ2v) is 2.57. The molecule has 0 saturated heterocycles. The topological polar surface area (TPSA) is 69.4 Å². The third kappa shape index (κ3) is 0.902. The van der Waals surface area contributed by atoms with Crippen molar-refractivity contribution < 1.29 is 18.8 Å². The summed E-state index contributed by atoms with van der Waals surface area (Å²) in [5, 5.41) is 3.25. The number of cyclic esters (lactones) is 2. The van der Waals surface area contributed by atoms with Gasteiger partial charge in [0.1, 0.15) is 12.0 Å². The summed E-state index contributed by atoms with van der Waals surface area (Å²) in [4.78, 5) is 21.6. The summed E-state index contributed by atoms with van der Waals surface area (Å²) in [6.45, 7) is 0. The molecule has 0 aromatic carbocycles. The Bertz CT molecular complexity index is 370. The minimum Gasteiger partial charge on any atom is -0.389 e. The van der Waals surface area contributed by atoms with Crippen LogP contribution in [0.5, 0.6) is 0 Å². The van der Waals surface area contributed by atoms with E-state index in [1.807, 2.05) is 0 Å². The van der Waals surface area contributed by atoms with Crippen LogP contribution in [0.25, 0.3) is 0 Å². The van der Waals surface area contributed by atoms with Gasteiger partial charge in [0.05, 0.1) is 0 Å². The van der Waals surface area contributed by atoms with E-state index < -0.39 is 11.9 Å². The lowest BCUT2D eigenvalue weighted by atomic mass is 10.2. The van der Waals surface area contributed by atoms with Gasteiger partial charge in [0.15, 0.2) is 10.9 Å². The van der Waals surface area contributed by atoms with Gasteiger partial charge in [0.25, 0.3) is 0 Å². The maximum atomic E-state index is 11.0. The zero-order valence-corrected chi connectivity index (χ0v) is 6.42. The molecule has 2 rings (SSSR count). The molecule has 0 N–H and O–H groups in total. The van der Waals surface area contributed by atoms with Gasteiger partial charge < -0.3 is 9.26 Å². The average molecular weight is 188 g/mol. The van der Waals surface area contributed by atoms with Gasteiger partial charge in [-0.3, -0.25) is 4.79 Å². The highest BCUT2D eigenvalue weighted by Gasteiger charge is 2.31. The molecule has 1 aromatic heterocycles. The van der Waals surface area contributed by atoms with Crippen molar-refractivity contribution in [3.05, 3.63) is 16.5 Å². The fourth-order valence-corrected chi connectivity index (χ4v) is 1.16. The Morgan fingerprint density at radius 2 is 2.17 bits per heavy atom. The van der Waals surface area contributed by atoms with E-state index in [4.69, 9.17) is 11.6 Å². The van der Waals surface area contributed by atoms with Gasteiger partial charge in [-0.2, -0.15) is 0 Å². The molecule has 0 unspecified atom stereocenters. The Morgan fingerprint density at radius 1 is 1.42 bits per heavy atom. The van der Waals surface area contributed by atoms with Crippen LogP contribution in [0.4, 0.5) is 0 Å². The van der Waals surface area contributed by atoms with Gasteiger partial charge in [-0.05, 0) is 0 Å². The molecular weight excluding hydrogens is 186 g/mol. The molecule has 2 heterocycles. The van der Waals surface area contributed by atoms with Crippen molar-refractivity contribution in [2.45, 2.75) is 6.42 Å². The number of rotatable bonds is 0. The van der Waals surface area contributed by atoms with Gasteiger partial charge in [0.2, 0.25) is 0 Å². The van der Waals surface area contributed by atoms with Crippen LogP contribution < -0.4 is 0 Å². The van der Waals surface area contributed by atoms with Gasteiger partial charge in [0, 0.05) is 0 Å². The van der Waals surface area contributed by atoms with Crippen LogP contribution in [0, 0.1) is 0 Å². The van der Waals surface area contributed by atoms with Crippen LogP contribution in [0.3, 0.4) is 0 Å². The molecule has 1 aromatic rings. The number of hydrogen-bond donors (Lipinski definition) is 0. The minimum atomic E-state index is -0.799. The van der Waals surface area contributed by atoms with E-state index in [0.29, 0.717) is 0 Å². The van der Waals surface area contributed by atoms with E-state index in [2.05, 4.69) is 14.4 Å². The molecule has 0 aliphatic carbocycles. The van der Waals surface area contributed by atoms with Crippen molar-refractivity contribution in [2.24, 2.45) is 0 Å². The first kappa shape index (κ1) is 7.30. The lowest BCUT2D eigenvalue weighted by molar-refractivity contribution is -0.138. The molecule has 0 spiro atoms. The van der Waals surface area contributed by atoms with E-state index in [1.165, 1.54) is 0 Å². The van der Waals surface area contributed by atoms with Crippen molar-refractivity contribution in [3.8, 4) is 0 Å². The number of fused-ring (bicyclic) bond motifs is 1. The maximum Gasteiger partial charge on any atom is 0.352 e. The first-order valence-corrected chi connectivity index (χ1v) is 3.45. The second-order valence-electron chi connectivity index (χ2n) is 2.21. The molecule has 62 valence electrons. The summed E-state index contributed by atoms with van der Waals surface area (Å²) >= 11 is 5.48. The van der Waals surface area contributed by atoms with Crippen LogP contribution in [-0.2, 0) is 16.0 Å². The number of carbonyl (C=O) groups excluding carboxylic acids is 2. The van der Waals surface area contributed by atoms with Crippen molar-refractivity contribution in [1.82, 2.24) is 5.16 Å². The zero-order chi connectivity index (χ0) is 8.72. The second kappa shape index (κ2) is 2.31. The summed E-state index contributed by atoms with van der Waals surface area (Å²) < 4.78 is 8.91. The quantitative estimate of drug-likeness (QED) is 0.439. The predicted octanol–water partition coefficient (Wildman–Crippen LogP) is 0.568. The molecule has 0 bridgehead atoms. The first-order valence-electron chi connectivity index (χ1n) is 3.07. The summed E-state index contributed by atoms with van der Waals surface area (Å²) in [6, 6.07) is 0. The SMILES string of the molecule is O=C1Cc2onc(Cl)c2C(=O)O1. The van der Waals surface area contributed by atoms with Gasteiger partial charge in [-0.1, -0.05) is 16.8 Å². The van der Waals surface area contributed by atoms with E-state index in [1.54, 1.807) is 0 Å². The molecule has 0 radical (unpaired) electrons. The Kier molecular flexibility index (Phi) is 1.41. The molecule has 12 heavy (non-hydrogen) atoms. The summed E-state index contributed by atoms with van der Waals surface area (Å²) in [6.07, 6.45) is -0.0964. The van der Waals surface area contributed by atoms with Crippen molar-refractivity contribution >= 4 is 23.5 Å². The molecule has 6 heteroatoms. The fourth-order valence-electron chi connectivity index (χ4n) is 0.942.